The molecule has 3 aliphatic rings. The van der Waals surface area contributed by atoms with Crippen molar-refractivity contribution >= 4 is 8.32 Å². The normalized spacial score (nSPS) is 30.7. The van der Waals surface area contributed by atoms with Gasteiger partial charge in [-0.2, -0.15) is 0 Å². The largest absolute Gasteiger partial charge is 0.409 e. The quantitative estimate of drug-likeness (QED) is 0.0982. The van der Waals surface area contributed by atoms with Crippen molar-refractivity contribution in [3.63, 3.8) is 0 Å². The Bertz CT molecular complexity index is 1090. The van der Waals surface area contributed by atoms with Gasteiger partial charge in [-0.1, -0.05) is 149 Å². The van der Waals surface area contributed by atoms with Crippen LogP contribution in [0.2, 0.25) is 18.1 Å². The lowest BCUT2D eigenvalue weighted by atomic mass is 9.84. The van der Waals surface area contributed by atoms with Crippen LogP contribution in [0.5, 0.6) is 0 Å². The Labute approximate surface area is 307 Å². The van der Waals surface area contributed by atoms with Crippen molar-refractivity contribution < 1.29 is 32.8 Å². The van der Waals surface area contributed by atoms with Gasteiger partial charge in [0.05, 0.1) is 31.5 Å². The molecule has 8 heteroatoms. The molecule has 6 unspecified atom stereocenters. The van der Waals surface area contributed by atoms with Gasteiger partial charge >= 0.3 is 0 Å². The number of hydrogen-bond acceptors (Lipinski definition) is 7. The third-order valence-corrected chi connectivity index (χ3v) is 16.3. The van der Waals surface area contributed by atoms with E-state index in [1.807, 2.05) is 32.0 Å². The molecule has 4 rings (SSSR count). The van der Waals surface area contributed by atoms with Crippen molar-refractivity contribution in [2.45, 2.75) is 206 Å². The molecule has 3 heterocycles. The first-order valence-electron chi connectivity index (χ1n) is 20.3. The summed E-state index contributed by atoms with van der Waals surface area (Å²) in [5, 5.41) is 0.0493. The minimum Gasteiger partial charge on any atom is -0.409 e. The van der Waals surface area contributed by atoms with Crippen LogP contribution in [0.4, 0.5) is 0 Å². The first-order valence-corrected chi connectivity index (χ1v) is 23.3. The second-order valence-electron chi connectivity index (χ2n) is 17.5. The molecule has 3 saturated heterocycles. The third kappa shape index (κ3) is 12.1. The maximum atomic E-state index is 7.15. The van der Waals surface area contributed by atoms with Gasteiger partial charge in [0.2, 0.25) is 0 Å². The Hall–Kier alpha value is -0.843. The first kappa shape index (κ1) is 41.9. The fourth-order valence-corrected chi connectivity index (χ4v) is 8.79. The first-order chi connectivity index (χ1) is 23.7. The van der Waals surface area contributed by atoms with Crippen molar-refractivity contribution in [3.8, 4) is 0 Å². The molecule has 7 nitrogen and oxygen atoms in total. The molecule has 0 radical (unpaired) electrons. The Morgan fingerprint density at radius 2 is 1.42 bits per heavy atom. The Balaban J connectivity index is 1.33. The molecule has 0 N–H and O–H groups in total. The summed E-state index contributed by atoms with van der Waals surface area (Å²) in [6, 6.07) is 10.2. The van der Waals surface area contributed by atoms with Crippen LogP contribution in [0.15, 0.2) is 30.3 Å². The van der Waals surface area contributed by atoms with Crippen molar-refractivity contribution in [3.05, 3.63) is 35.9 Å². The van der Waals surface area contributed by atoms with Gasteiger partial charge in [0.1, 0.15) is 12.2 Å². The maximum absolute atomic E-state index is 7.15. The molecule has 50 heavy (non-hydrogen) atoms. The van der Waals surface area contributed by atoms with E-state index in [9.17, 15) is 0 Å². The summed E-state index contributed by atoms with van der Waals surface area (Å²) >= 11 is 0. The van der Waals surface area contributed by atoms with Crippen LogP contribution in [0.25, 0.3) is 0 Å². The minimum atomic E-state index is -2.16. The van der Waals surface area contributed by atoms with Gasteiger partial charge in [-0.05, 0) is 44.3 Å². The molecular weight excluding hydrogens is 645 g/mol. The molecule has 0 spiro atoms. The predicted octanol–water partition coefficient (Wildman–Crippen LogP) is 11.1. The van der Waals surface area contributed by atoms with E-state index in [-0.39, 0.29) is 60.0 Å². The highest BCUT2D eigenvalue weighted by Gasteiger charge is 2.51. The van der Waals surface area contributed by atoms with E-state index in [2.05, 4.69) is 66.8 Å². The van der Waals surface area contributed by atoms with Gasteiger partial charge in [-0.15, -0.1) is 0 Å². The molecule has 1 aromatic rings. The molecule has 0 aliphatic carbocycles. The summed E-state index contributed by atoms with van der Waals surface area (Å²) in [5.74, 6) is -0.297. The van der Waals surface area contributed by atoms with Crippen LogP contribution in [0.3, 0.4) is 0 Å². The summed E-state index contributed by atoms with van der Waals surface area (Å²) in [6.45, 7) is 23.2. The Morgan fingerprint density at radius 3 is 2.02 bits per heavy atom. The van der Waals surface area contributed by atoms with Crippen molar-refractivity contribution in [2.75, 3.05) is 13.2 Å². The van der Waals surface area contributed by atoms with E-state index >= 15 is 0 Å². The lowest BCUT2D eigenvalue weighted by Gasteiger charge is -2.48. The fourth-order valence-electron chi connectivity index (χ4n) is 7.47. The van der Waals surface area contributed by atoms with Gasteiger partial charge in [0.25, 0.3) is 0 Å². The van der Waals surface area contributed by atoms with Crippen LogP contribution in [0.1, 0.15) is 151 Å². The minimum absolute atomic E-state index is 0.0328. The van der Waals surface area contributed by atoms with E-state index in [0.29, 0.717) is 13.2 Å². The topological polar surface area (TPSA) is 64.6 Å². The van der Waals surface area contributed by atoms with Crippen LogP contribution in [-0.4, -0.2) is 64.1 Å². The third-order valence-electron chi connectivity index (χ3n) is 11.8. The lowest BCUT2D eigenvalue weighted by molar-refractivity contribution is -0.344. The van der Waals surface area contributed by atoms with Crippen LogP contribution >= 0.6 is 0 Å². The number of unbranched alkanes of at least 4 members (excludes halogenated alkanes) is 11. The standard InChI is InChI=1S/C42H74O7Si/c1-11-12-13-14-15-16-17-18-19-20-21-25-28-34-38(48-42(7,8)47-34)36(49-50(9,10)41(4,5)6)30-43-39-32(3)31(2)37-35(45-39)29-44-40(46-37)33-26-23-22-24-27-33/h22-24,26-27,31-32,34-40H,11-21,25,28-30H2,1-10H3/t31?,32?,34-,35?,36+,37?,38-,39?,40?/m1/s1. The van der Waals surface area contributed by atoms with Crippen LogP contribution < -0.4 is 0 Å². The van der Waals surface area contributed by atoms with Crippen LogP contribution in [-0.2, 0) is 32.8 Å². The molecule has 9 atom stereocenters. The predicted molar refractivity (Wildman–Crippen MR) is 205 cm³/mol. The van der Waals surface area contributed by atoms with E-state index in [1.54, 1.807) is 0 Å². The molecule has 3 aliphatic heterocycles. The summed E-state index contributed by atoms with van der Waals surface area (Å²) in [5.41, 5.74) is 1.04. The van der Waals surface area contributed by atoms with E-state index in [1.165, 1.54) is 70.6 Å². The smallest absolute Gasteiger partial charge is 0.192 e. The molecule has 0 bridgehead atoms. The van der Waals surface area contributed by atoms with Gasteiger partial charge in [0.15, 0.2) is 26.7 Å². The summed E-state index contributed by atoms with van der Waals surface area (Å²) in [7, 11) is -2.16. The summed E-state index contributed by atoms with van der Waals surface area (Å²) < 4.78 is 46.4. The maximum Gasteiger partial charge on any atom is 0.192 e. The molecule has 3 fully saturated rings. The average molecular weight is 719 g/mol. The zero-order valence-electron chi connectivity index (χ0n) is 33.5. The summed E-state index contributed by atoms with van der Waals surface area (Å²) in [6.07, 6.45) is 15.5. The fraction of sp³-hybridized carbons (Fsp3) is 0.857. The second-order valence-corrected chi connectivity index (χ2v) is 22.3. The van der Waals surface area contributed by atoms with Crippen LogP contribution in [0, 0.1) is 11.8 Å². The highest BCUT2D eigenvalue weighted by molar-refractivity contribution is 6.74. The van der Waals surface area contributed by atoms with Gasteiger partial charge in [0, 0.05) is 11.5 Å². The SMILES string of the molecule is CCCCCCCCCCCCCC[C@H]1OC(C)(C)O[C@H]1[C@H](COC1OC2COC(c3ccccc3)OC2C(C)C1C)O[Si](C)(C)C(C)(C)C. The number of rotatable bonds is 20. The highest BCUT2D eigenvalue weighted by atomic mass is 28.4. The molecular formula is C42H74O7Si. The van der Waals surface area contributed by atoms with E-state index in [4.69, 9.17) is 32.8 Å². The molecule has 0 saturated carbocycles. The molecule has 1 aromatic carbocycles. The Kier molecular flexibility index (Phi) is 16.3. The molecule has 0 amide bonds. The number of benzene rings is 1. The summed E-state index contributed by atoms with van der Waals surface area (Å²) in [4.78, 5) is 0. The molecule has 288 valence electrons. The zero-order chi connectivity index (χ0) is 36.4. The van der Waals surface area contributed by atoms with Crippen molar-refractivity contribution in [1.82, 2.24) is 0 Å². The number of hydrogen-bond donors (Lipinski definition) is 0. The van der Waals surface area contributed by atoms with Crippen molar-refractivity contribution in [2.24, 2.45) is 11.8 Å². The van der Waals surface area contributed by atoms with Gasteiger partial charge < -0.3 is 32.8 Å². The second kappa shape index (κ2) is 19.5. The van der Waals surface area contributed by atoms with Crippen molar-refractivity contribution in [1.29, 1.82) is 0 Å². The number of ether oxygens (including phenoxy) is 6. The zero-order valence-corrected chi connectivity index (χ0v) is 34.5. The van der Waals surface area contributed by atoms with Gasteiger partial charge in [-0.25, -0.2) is 0 Å². The lowest BCUT2D eigenvalue weighted by Crippen LogP contribution is -2.56. The Morgan fingerprint density at radius 1 is 0.820 bits per heavy atom. The molecule has 0 aromatic heterocycles. The number of fused-ring (bicyclic) bond motifs is 1. The highest BCUT2D eigenvalue weighted by Crippen LogP contribution is 2.42. The average Bonchev–Trinajstić information content (AvgIpc) is 3.39. The van der Waals surface area contributed by atoms with Gasteiger partial charge in [-0.3, -0.25) is 0 Å². The monoisotopic (exact) mass is 719 g/mol. The van der Waals surface area contributed by atoms with E-state index < -0.39 is 14.1 Å². The van der Waals surface area contributed by atoms with E-state index in [0.717, 1.165) is 18.4 Å².